The summed E-state index contributed by atoms with van der Waals surface area (Å²) < 4.78 is 5.19. The van der Waals surface area contributed by atoms with E-state index >= 15 is 0 Å². The molecule has 0 aromatic heterocycles. The van der Waals surface area contributed by atoms with E-state index in [1.165, 1.54) is 16.7 Å². The standard InChI is InChI=1S/C19H25NO/c1-15(2)14-20-13-12-16-4-6-17(7-5-16)18-8-10-19(21-3)11-9-18/h4-11,15,20H,12-14H2,1-3H3. The minimum Gasteiger partial charge on any atom is -0.497 e. The molecule has 2 heteroatoms. The van der Waals surface area contributed by atoms with Gasteiger partial charge in [-0.3, -0.25) is 0 Å². The monoisotopic (exact) mass is 283 g/mol. The lowest BCUT2D eigenvalue weighted by molar-refractivity contribution is 0.415. The van der Waals surface area contributed by atoms with E-state index in [1.807, 2.05) is 12.1 Å². The van der Waals surface area contributed by atoms with Gasteiger partial charge in [0.2, 0.25) is 0 Å². The molecule has 0 fully saturated rings. The summed E-state index contributed by atoms with van der Waals surface area (Å²) in [4.78, 5) is 0. The summed E-state index contributed by atoms with van der Waals surface area (Å²) in [6.07, 6.45) is 1.08. The quantitative estimate of drug-likeness (QED) is 0.771. The molecule has 0 unspecified atom stereocenters. The number of methoxy groups -OCH3 is 1. The van der Waals surface area contributed by atoms with Gasteiger partial charge in [-0.1, -0.05) is 50.2 Å². The van der Waals surface area contributed by atoms with Crippen LogP contribution in [0.2, 0.25) is 0 Å². The minimum atomic E-state index is 0.711. The third-order valence-corrected chi connectivity index (χ3v) is 3.52. The highest BCUT2D eigenvalue weighted by atomic mass is 16.5. The van der Waals surface area contributed by atoms with Crippen LogP contribution in [-0.4, -0.2) is 20.2 Å². The number of benzene rings is 2. The molecule has 0 heterocycles. The predicted octanol–water partition coefficient (Wildman–Crippen LogP) is 4.15. The van der Waals surface area contributed by atoms with Crippen LogP contribution in [0.5, 0.6) is 5.75 Å². The Morgan fingerprint density at radius 3 is 2.00 bits per heavy atom. The molecule has 2 aromatic rings. The smallest absolute Gasteiger partial charge is 0.118 e. The summed E-state index contributed by atoms with van der Waals surface area (Å²) in [5, 5.41) is 3.48. The second-order valence-electron chi connectivity index (χ2n) is 5.77. The Labute approximate surface area is 128 Å². The summed E-state index contributed by atoms with van der Waals surface area (Å²) in [5.74, 6) is 1.61. The van der Waals surface area contributed by atoms with E-state index in [0.717, 1.165) is 25.3 Å². The number of nitrogens with one attached hydrogen (secondary N) is 1. The molecule has 0 atom stereocenters. The van der Waals surface area contributed by atoms with Crippen molar-refractivity contribution in [3.63, 3.8) is 0 Å². The van der Waals surface area contributed by atoms with Gasteiger partial charge in [-0.2, -0.15) is 0 Å². The predicted molar refractivity (Wildman–Crippen MR) is 89.8 cm³/mol. The molecule has 112 valence electrons. The molecule has 0 spiro atoms. The Morgan fingerprint density at radius 1 is 0.905 bits per heavy atom. The van der Waals surface area contributed by atoms with E-state index < -0.39 is 0 Å². The van der Waals surface area contributed by atoms with Gasteiger partial charge >= 0.3 is 0 Å². The lowest BCUT2D eigenvalue weighted by atomic mass is 10.0. The van der Waals surface area contributed by atoms with Crippen molar-refractivity contribution in [3.8, 4) is 16.9 Å². The van der Waals surface area contributed by atoms with Crippen molar-refractivity contribution in [2.75, 3.05) is 20.2 Å². The Hall–Kier alpha value is -1.80. The maximum atomic E-state index is 5.19. The van der Waals surface area contributed by atoms with Crippen molar-refractivity contribution >= 4 is 0 Å². The first-order valence-electron chi connectivity index (χ1n) is 7.63. The van der Waals surface area contributed by atoms with Gasteiger partial charge in [-0.15, -0.1) is 0 Å². The van der Waals surface area contributed by atoms with E-state index in [0.29, 0.717) is 5.92 Å². The summed E-state index contributed by atoms with van der Waals surface area (Å²) >= 11 is 0. The van der Waals surface area contributed by atoms with E-state index in [9.17, 15) is 0 Å². The van der Waals surface area contributed by atoms with Gasteiger partial charge < -0.3 is 10.1 Å². The van der Waals surface area contributed by atoms with Crippen LogP contribution in [0.3, 0.4) is 0 Å². The third-order valence-electron chi connectivity index (χ3n) is 3.52. The first-order chi connectivity index (χ1) is 10.2. The first kappa shape index (κ1) is 15.6. The molecule has 0 aliphatic rings. The lowest BCUT2D eigenvalue weighted by Crippen LogP contribution is -2.22. The van der Waals surface area contributed by atoms with Gasteiger partial charge in [0.25, 0.3) is 0 Å². The van der Waals surface area contributed by atoms with Crippen molar-refractivity contribution in [2.24, 2.45) is 5.92 Å². The largest absolute Gasteiger partial charge is 0.497 e. The Kier molecular flexibility index (Phi) is 5.82. The van der Waals surface area contributed by atoms with E-state index in [1.54, 1.807) is 7.11 Å². The molecule has 0 saturated carbocycles. The number of rotatable bonds is 7. The highest BCUT2D eigenvalue weighted by Crippen LogP contribution is 2.22. The van der Waals surface area contributed by atoms with E-state index in [2.05, 4.69) is 55.6 Å². The zero-order valence-corrected chi connectivity index (χ0v) is 13.2. The van der Waals surface area contributed by atoms with Crippen molar-refractivity contribution in [1.82, 2.24) is 5.32 Å². The van der Waals surface area contributed by atoms with Crippen LogP contribution in [0.1, 0.15) is 19.4 Å². The molecule has 0 bridgehead atoms. The van der Waals surface area contributed by atoms with Crippen molar-refractivity contribution in [1.29, 1.82) is 0 Å². The van der Waals surface area contributed by atoms with Gasteiger partial charge in [-0.05, 0) is 54.3 Å². The van der Waals surface area contributed by atoms with Crippen molar-refractivity contribution in [3.05, 3.63) is 54.1 Å². The molecule has 2 aromatic carbocycles. The van der Waals surface area contributed by atoms with Crippen LogP contribution in [0, 0.1) is 5.92 Å². The molecule has 0 saturated heterocycles. The molecule has 2 rings (SSSR count). The van der Waals surface area contributed by atoms with Gasteiger partial charge in [0.05, 0.1) is 7.11 Å². The summed E-state index contributed by atoms with van der Waals surface area (Å²) in [5.41, 5.74) is 3.85. The van der Waals surface area contributed by atoms with E-state index in [4.69, 9.17) is 4.74 Å². The van der Waals surface area contributed by atoms with Crippen LogP contribution in [0.25, 0.3) is 11.1 Å². The summed E-state index contributed by atoms with van der Waals surface area (Å²) in [6, 6.07) is 17.0. The average Bonchev–Trinajstić information content (AvgIpc) is 2.52. The molecule has 0 amide bonds. The fourth-order valence-corrected chi connectivity index (χ4v) is 2.27. The molecular weight excluding hydrogens is 258 g/mol. The third kappa shape index (κ3) is 4.91. The van der Waals surface area contributed by atoms with Crippen LogP contribution >= 0.6 is 0 Å². The van der Waals surface area contributed by atoms with Crippen LogP contribution in [0.15, 0.2) is 48.5 Å². The van der Waals surface area contributed by atoms with Gasteiger partial charge in [0.1, 0.15) is 5.75 Å². The SMILES string of the molecule is COc1ccc(-c2ccc(CCNCC(C)C)cc2)cc1. The zero-order chi connectivity index (χ0) is 15.1. The van der Waals surface area contributed by atoms with Gasteiger partial charge in [0, 0.05) is 0 Å². The molecule has 21 heavy (non-hydrogen) atoms. The maximum absolute atomic E-state index is 5.19. The summed E-state index contributed by atoms with van der Waals surface area (Å²) in [7, 11) is 1.69. The fourth-order valence-electron chi connectivity index (χ4n) is 2.27. The normalized spacial score (nSPS) is 10.9. The number of hydrogen-bond donors (Lipinski definition) is 1. The highest BCUT2D eigenvalue weighted by Gasteiger charge is 2.00. The van der Waals surface area contributed by atoms with Gasteiger partial charge in [0.15, 0.2) is 0 Å². The molecule has 0 aliphatic heterocycles. The molecule has 0 radical (unpaired) electrons. The van der Waals surface area contributed by atoms with Crippen molar-refractivity contribution in [2.45, 2.75) is 20.3 Å². The van der Waals surface area contributed by atoms with Crippen molar-refractivity contribution < 1.29 is 4.74 Å². The Balaban J connectivity index is 1.91. The number of hydrogen-bond acceptors (Lipinski definition) is 2. The molecule has 1 N–H and O–H groups in total. The summed E-state index contributed by atoms with van der Waals surface area (Å²) in [6.45, 7) is 6.59. The number of ether oxygens (including phenoxy) is 1. The molecule has 2 nitrogen and oxygen atoms in total. The second-order valence-corrected chi connectivity index (χ2v) is 5.77. The average molecular weight is 283 g/mol. The zero-order valence-electron chi connectivity index (χ0n) is 13.2. The lowest BCUT2D eigenvalue weighted by Gasteiger charge is -2.08. The fraction of sp³-hybridized carbons (Fsp3) is 0.368. The topological polar surface area (TPSA) is 21.3 Å². The maximum Gasteiger partial charge on any atom is 0.118 e. The minimum absolute atomic E-state index is 0.711. The van der Waals surface area contributed by atoms with Crippen LogP contribution in [0.4, 0.5) is 0 Å². The van der Waals surface area contributed by atoms with Crippen LogP contribution < -0.4 is 10.1 Å². The van der Waals surface area contributed by atoms with Gasteiger partial charge in [-0.25, -0.2) is 0 Å². The Morgan fingerprint density at radius 2 is 1.48 bits per heavy atom. The second kappa shape index (κ2) is 7.84. The van der Waals surface area contributed by atoms with Crippen LogP contribution in [-0.2, 0) is 6.42 Å². The molecular formula is C19H25NO. The Bertz CT molecular complexity index is 528. The molecule has 0 aliphatic carbocycles. The highest BCUT2D eigenvalue weighted by molar-refractivity contribution is 5.64. The van der Waals surface area contributed by atoms with E-state index in [-0.39, 0.29) is 0 Å². The first-order valence-corrected chi connectivity index (χ1v) is 7.63.